The molecule has 6 heterocycles. The van der Waals surface area contributed by atoms with Gasteiger partial charge >= 0.3 is 12.1 Å². The van der Waals surface area contributed by atoms with Crippen LogP contribution in [0, 0.1) is 17.2 Å². The molecule has 2 aromatic rings. The molecule has 1 amide bonds. The molecule has 3 saturated heterocycles. The maximum absolute atomic E-state index is 15.6. The van der Waals surface area contributed by atoms with Gasteiger partial charge in [0, 0.05) is 24.4 Å². The maximum atomic E-state index is 15.6. The summed E-state index contributed by atoms with van der Waals surface area (Å²) in [5, 5.41) is 0.210. The van der Waals surface area contributed by atoms with E-state index in [1.54, 1.807) is 6.92 Å². The highest BCUT2D eigenvalue weighted by atomic mass is 35.5. The number of amides is 1. The van der Waals surface area contributed by atoms with Crippen LogP contribution in [0.2, 0.25) is 5.15 Å². The molecule has 0 aliphatic carbocycles. The molecule has 0 saturated carbocycles. The SMILES string of the molecule is CN1CC[C@H](C(F)F)[C@](C)(COc2nc3c4c(nc(Cl)c(F)c4n2)CCC[C@@H]2[C@@H]4CC[C@H](CN32)N4C(=O)OC(C)(C)C)C1. The Bertz CT molecular complexity index is 1410. The fourth-order valence-corrected chi connectivity index (χ4v) is 7.86. The Morgan fingerprint density at radius 1 is 1.14 bits per heavy atom. The van der Waals surface area contributed by atoms with Gasteiger partial charge in [-0.15, -0.1) is 0 Å². The summed E-state index contributed by atoms with van der Waals surface area (Å²) in [7, 11) is 1.90. The molecule has 2 aromatic heterocycles. The number of likely N-dealkylation sites (tertiary alicyclic amines) is 1. The normalized spacial score (nSPS) is 29.4. The topological polar surface area (TPSA) is 83.9 Å². The number of hydrogen-bond acceptors (Lipinski definition) is 8. The first kappa shape index (κ1) is 30.4. The van der Waals surface area contributed by atoms with Crippen LogP contribution in [0.25, 0.3) is 10.9 Å². The molecule has 0 unspecified atom stereocenters. The van der Waals surface area contributed by atoms with Crippen molar-refractivity contribution in [2.45, 2.75) is 96.4 Å². The van der Waals surface area contributed by atoms with E-state index < -0.39 is 29.2 Å². The second-order valence-corrected chi connectivity index (χ2v) is 14.3. The molecule has 43 heavy (non-hydrogen) atoms. The number of carbonyl (C=O) groups excluding carboxylic acids is 1. The predicted molar refractivity (Wildman–Crippen MR) is 156 cm³/mol. The van der Waals surface area contributed by atoms with Crippen LogP contribution in [0.5, 0.6) is 6.01 Å². The lowest BCUT2D eigenvalue weighted by Crippen LogP contribution is -2.62. The van der Waals surface area contributed by atoms with E-state index in [0.29, 0.717) is 49.4 Å². The van der Waals surface area contributed by atoms with Gasteiger partial charge in [0.05, 0.1) is 35.8 Å². The van der Waals surface area contributed by atoms with Crippen molar-refractivity contribution in [3.8, 4) is 6.01 Å². The lowest BCUT2D eigenvalue weighted by molar-refractivity contribution is -0.0679. The molecular weight excluding hydrogens is 585 g/mol. The van der Waals surface area contributed by atoms with Crippen molar-refractivity contribution in [2.75, 3.05) is 38.2 Å². The van der Waals surface area contributed by atoms with E-state index in [1.807, 2.05) is 37.6 Å². The van der Waals surface area contributed by atoms with E-state index in [1.165, 1.54) is 0 Å². The van der Waals surface area contributed by atoms with Crippen LogP contribution >= 0.6 is 11.6 Å². The highest BCUT2D eigenvalue weighted by Crippen LogP contribution is 2.44. The first-order valence-electron chi connectivity index (χ1n) is 15.2. The molecule has 236 valence electrons. The summed E-state index contributed by atoms with van der Waals surface area (Å²) in [6.45, 7) is 8.80. The summed E-state index contributed by atoms with van der Waals surface area (Å²) in [5.41, 5.74) is -0.852. The predicted octanol–water partition coefficient (Wildman–Crippen LogP) is 5.71. The van der Waals surface area contributed by atoms with Crippen molar-refractivity contribution in [3.05, 3.63) is 16.7 Å². The molecule has 0 aromatic carbocycles. The van der Waals surface area contributed by atoms with E-state index in [4.69, 9.17) is 26.1 Å². The summed E-state index contributed by atoms with van der Waals surface area (Å²) < 4.78 is 55.6. The Kier molecular flexibility index (Phi) is 7.84. The van der Waals surface area contributed by atoms with Crippen LogP contribution < -0.4 is 9.64 Å². The van der Waals surface area contributed by atoms with Crippen molar-refractivity contribution in [3.63, 3.8) is 0 Å². The van der Waals surface area contributed by atoms with Crippen LogP contribution in [-0.2, 0) is 11.2 Å². The fraction of sp³-hybridized carbons (Fsp3) is 0.733. The van der Waals surface area contributed by atoms with E-state index in [-0.39, 0.29) is 47.5 Å². The molecule has 13 heteroatoms. The third-order valence-corrected chi connectivity index (χ3v) is 9.80. The maximum Gasteiger partial charge on any atom is 0.410 e. The van der Waals surface area contributed by atoms with Gasteiger partial charge in [-0.3, -0.25) is 4.90 Å². The number of piperidine rings is 1. The number of pyridine rings is 1. The molecule has 6 rings (SSSR count). The summed E-state index contributed by atoms with van der Waals surface area (Å²) >= 11 is 6.24. The second-order valence-electron chi connectivity index (χ2n) is 13.9. The van der Waals surface area contributed by atoms with Crippen LogP contribution in [0.3, 0.4) is 0 Å². The fourth-order valence-electron chi connectivity index (χ4n) is 7.67. The molecular formula is C30H40ClF3N6O3. The average Bonchev–Trinajstić information content (AvgIpc) is 3.24. The number of aryl methyl sites for hydroxylation is 1. The van der Waals surface area contributed by atoms with Crippen molar-refractivity contribution >= 4 is 34.4 Å². The monoisotopic (exact) mass is 624 g/mol. The molecule has 0 spiro atoms. The van der Waals surface area contributed by atoms with E-state index in [9.17, 15) is 13.6 Å². The minimum atomic E-state index is -2.49. The van der Waals surface area contributed by atoms with Gasteiger partial charge in [-0.1, -0.05) is 18.5 Å². The zero-order valence-corrected chi connectivity index (χ0v) is 26.1. The van der Waals surface area contributed by atoms with Crippen molar-refractivity contribution in [2.24, 2.45) is 11.3 Å². The van der Waals surface area contributed by atoms with Crippen molar-refractivity contribution in [1.29, 1.82) is 0 Å². The van der Waals surface area contributed by atoms with Crippen LogP contribution in [0.15, 0.2) is 0 Å². The van der Waals surface area contributed by atoms with Gasteiger partial charge in [0.15, 0.2) is 11.0 Å². The number of hydrogen-bond donors (Lipinski definition) is 0. The first-order chi connectivity index (χ1) is 20.3. The van der Waals surface area contributed by atoms with Crippen LogP contribution in [-0.4, -0.2) is 94.3 Å². The minimum absolute atomic E-state index is 0.00823. The zero-order chi connectivity index (χ0) is 30.8. The van der Waals surface area contributed by atoms with Crippen molar-refractivity contribution in [1.82, 2.24) is 24.8 Å². The van der Waals surface area contributed by atoms with Gasteiger partial charge in [-0.25, -0.2) is 22.9 Å². The van der Waals surface area contributed by atoms with Gasteiger partial charge in [0.25, 0.3) is 0 Å². The Morgan fingerprint density at radius 3 is 2.63 bits per heavy atom. The number of aromatic nitrogens is 3. The summed E-state index contributed by atoms with van der Waals surface area (Å²) in [6.07, 6.45) is 1.24. The highest BCUT2D eigenvalue weighted by molar-refractivity contribution is 6.30. The quantitative estimate of drug-likeness (QED) is 0.400. The van der Waals surface area contributed by atoms with Gasteiger partial charge in [-0.05, 0) is 72.9 Å². The largest absolute Gasteiger partial charge is 0.463 e. The second kappa shape index (κ2) is 11.1. The lowest BCUT2D eigenvalue weighted by atomic mass is 9.73. The molecule has 4 aliphatic heterocycles. The summed E-state index contributed by atoms with van der Waals surface area (Å²) in [4.78, 5) is 33.0. The first-order valence-corrected chi connectivity index (χ1v) is 15.6. The Morgan fingerprint density at radius 2 is 1.91 bits per heavy atom. The number of ether oxygens (including phenoxy) is 2. The van der Waals surface area contributed by atoms with E-state index in [2.05, 4.69) is 14.9 Å². The molecule has 4 aliphatic rings. The zero-order valence-electron chi connectivity index (χ0n) is 25.4. The van der Waals surface area contributed by atoms with Crippen LogP contribution in [0.1, 0.15) is 65.5 Å². The summed E-state index contributed by atoms with van der Waals surface area (Å²) in [5.74, 6) is -1.13. The highest BCUT2D eigenvalue weighted by Gasteiger charge is 2.51. The molecule has 9 nitrogen and oxygen atoms in total. The van der Waals surface area contributed by atoms with Gasteiger partial charge in [-0.2, -0.15) is 9.97 Å². The lowest BCUT2D eigenvalue weighted by Gasteiger charge is -2.48. The third kappa shape index (κ3) is 5.58. The number of piperazine rings is 1. The number of halogens is 4. The van der Waals surface area contributed by atoms with E-state index >= 15 is 4.39 Å². The van der Waals surface area contributed by atoms with Crippen molar-refractivity contribution < 1.29 is 27.4 Å². The Hall–Kier alpha value is -2.60. The van der Waals surface area contributed by atoms with Gasteiger partial charge in [0.2, 0.25) is 6.43 Å². The Labute approximate surface area is 255 Å². The number of carbonyl (C=O) groups is 1. The molecule has 0 N–H and O–H groups in total. The molecule has 3 fully saturated rings. The average molecular weight is 625 g/mol. The third-order valence-electron chi connectivity index (χ3n) is 9.55. The molecule has 2 bridgehead atoms. The number of rotatable bonds is 4. The number of fused-ring (bicyclic) bond motifs is 5. The van der Waals surface area contributed by atoms with Gasteiger partial charge in [0.1, 0.15) is 16.9 Å². The molecule has 0 radical (unpaired) electrons. The minimum Gasteiger partial charge on any atom is -0.463 e. The number of anilines is 1. The smallest absolute Gasteiger partial charge is 0.410 e. The summed E-state index contributed by atoms with van der Waals surface area (Å²) in [6, 6.07) is -0.379. The standard InChI is InChI=1S/C30H40ClF3N6O3/c1-29(2,3)43-28(41)40-16-9-10-20(40)19-8-6-7-18-21-23(22(32)24(31)35-18)36-27(37-26(21)39(19)13-16)42-15-30(4)14-38(5)12-11-17(30)25(33)34/h16-17,19-20,25H,6-15H2,1-5H3/t16-,17-,19-,20+,30+/m1/s1. The van der Waals surface area contributed by atoms with Gasteiger partial charge < -0.3 is 19.3 Å². The van der Waals surface area contributed by atoms with E-state index in [0.717, 1.165) is 25.7 Å². The number of alkyl halides is 2. The number of nitrogens with zero attached hydrogens (tertiary/aromatic N) is 6. The molecule has 5 atom stereocenters. The van der Waals surface area contributed by atoms with Crippen LogP contribution in [0.4, 0.5) is 23.8 Å². The Balaban J connectivity index is 1.39.